The van der Waals surface area contributed by atoms with Crippen molar-refractivity contribution in [1.29, 1.82) is 0 Å². The summed E-state index contributed by atoms with van der Waals surface area (Å²) in [6.07, 6.45) is 0. The Labute approximate surface area is 124 Å². The van der Waals surface area contributed by atoms with Crippen LogP contribution < -0.4 is 16.0 Å². The first-order valence-corrected chi connectivity index (χ1v) is 6.81. The molecule has 0 aliphatic carbocycles. The molecule has 3 N–H and O–H groups in total. The summed E-state index contributed by atoms with van der Waals surface area (Å²) in [7, 11) is 1.63. The Morgan fingerprint density at radius 1 is 1.10 bits per heavy atom. The topological polar surface area (TPSA) is 47.3 Å². The van der Waals surface area contributed by atoms with Crippen molar-refractivity contribution in [3.05, 3.63) is 63.7 Å². The van der Waals surface area contributed by atoms with E-state index in [0.29, 0.717) is 5.02 Å². The number of halogens is 1. The van der Waals surface area contributed by atoms with E-state index in [1.807, 2.05) is 12.1 Å². The summed E-state index contributed by atoms with van der Waals surface area (Å²) in [5, 5.41) is 0.640. The number of hydrogen-bond acceptors (Lipinski definition) is 3. The van der Waals surface area contributed by atoms with Gasteiger partial charge in [0.15, 0.2) is 0 Å². The van der Waals surface area contributed by atoms with Gasteiger partial charge in [-0.05, 0) is 42.7 Å². The van der Waals surface area contributed by atoms with Crippen molar-refractivity contribution in [2.24, 2.45) is 5.84 Å². The van der Waals surface area contributed by atoms with Crippen molar-refractivity contribution in [2.45, 2.75) is 19.9 Å². The van der Waals surface area contributed by atoms with Crippen LogP contribution in [0.25, 0.3) is 0 Å². The third-order valence-corrected chi connectivity index (χ3v) is 3.77. The van der Waals surface area contributed by atoms with Crippen molar-refractivity contribution in [2.75, 3.05) is 7.11 Å². The molecule has 0 spiro atoms. The number of rotatable bonds is 4. The lowest BCUT2D eigenvalue weighted by atomic mass is 9.95. The van der Waals surface area contributed by atoms with Crippen molar-refractivity contribution < 1.29 is 4.74 Å². The second kappa shape index (κ2) is 6.27. The van der Waals surface area contributed by atoms with Gasteiger partial charge in [0, 0.05) is 10.6 Å². The fourth-order valence-corrected chi connectivity index (χ4v) is 2.40. The summed E-state index contributed by atoms with van der Waals surface area (Å²) in [6, 6.07) is 11.7. The summed E-state index contributed by atoms with van der Waals surface area (Å²) < 4.78 is 5.40. The van der Waals surface area contributed by atoms with Gasteiger partial charge in [0.05, 0.1) is 13.2 Å². The predicted octanol–water partition coefficient (Wildman–Crippen LogP) is 3.52. The first-order chi connectivity index (χ1) is 9.56. The summed E-state index contributed by atoms with van der Waals surface area (Å²) in [6.45, 7) is 4.18. The lowest BCUT2D eigenvalue weighted by molar-refractivity contribution is 0.404. The standard InChI is InChI=1S/C16H19ClN2O/c1-10-4-5-12(8-11(10)2)16(19-18)14-7-6-13(17)9-15(14)20-3/h4-9,16,19H,18H2,1-3H3. The monoisotopic (exact) mass is 290 g/mol. The largest absolute Gasteiger partial charge is 0.496 e. The smallest absolute Gasteiger partial charge is 0.125 e. The second-order valence-electron chi connectivity index (χ2n) is 4.83. The van der Waals surface area contributed by atoms with Gasteiger partial charge in [-0.25, -0.2) is 5.43 Å². The fourth-order valence-electron chi connectivity index (χ4n) is 2.23. The summed E-state index contributed by atoms with van der Waals surface area (Å²) in [5.74, 6) is 6.47. The Balaban J connectivity index is 2.49. The molecule has 106 valence electrons. The number of nitrogens with two attached hydrogens (primary N) is 1. The number of methoxy groups -OCH3 is 1. The first-order valence-electron chi connectivity index (χ1n) is 6.43. The van der Waals surface area contributed by atoms with Gasteiger partial charge < -0.3 is 4.74 Å². The Kier molecular flexibility index (Phi) is 4.65. The van der Waals surface area contributed by atoms with Crippen LogP contribution in [0.3, 0.4) is 0 Å². The van der Waals surface area contributed by atoms with Gasteiger partial charge in [-0.3, -0.25) is 5.84 Å². The molecule has 0 amide bonds. The second-order valence-corrected chi connectivity index (χ2v) is 5.27. The van der Waals surface area contributed by atoms with Gasteiger partial charge >= 0.3 is 0 Å². The highest BCUT2D eigenvalue weighted by molar-refractivity contribution is 6.30. The Morgan fingerprint density at radius 3 is 2.45 bits per heavy atom. The van der Waals surface area contributed by atoms with Crippen LogP contribution in [0.2, 0.25) is 5.02 Å². The van der Waals surface area contributed by atoms with Crippen LogP contribution >= 0.6 is 11.6 Å². The van der Waals surface area contributed by atoms with E-state index < -0.39 is 0 Å². The Bertz CT molecular complexity index is 613. The average molecular weight is 291 g/mol. The molecule has 3 nitrogen and oxygen atoms in total. The van der Waals surface area contributed by atoms with E-state index >= 15 is 0 Å². The third-order valence-electron chi connectivity index (χ3n) is 3.54. The summed E-state index contributed by atoms with van der Waals surface area (Å²) in [5.41, 5.74) is 7.40. The molecule has 2 rings (SSSR count). The maximum atomic E-state index is 6.00. The number of benzene rings is 2. The molecule has 0 aliphatic heterocycles. The Morgan fingerprint density at radius 2 is 1.85 bits per heavy atom. The number of hydrogen-bond donors (Lipinski definition) is 2. The first kappa shape index (κ1) is 14.9. The third kappa shape index (κ3) is 2.96. The normalized spacial score (nSPS) is 12.2. The molecule has 0 heterocycles. The maximum Gasteiger partial charge on any atom is 0.125 e. The molecule has 0 aromatic heterocycles. The quantitative estimate of drug-likeness (QED) is 0.669. The summed E-state index contributed by atoms with van der Waals surface area (Å²) >= 11 is 6.00. The molecular formula is C16H19ClN2O. The zero-order chi connectivity index (χ0) is 14.7. The van der Waals surface area contributed by atoms with E-state index in [9.17, 15) is 0 Å². The SMILES string of the molecule is COc1cc(Cl)ccc1C(NN)c1ccc(C)c(C)c1. The van der Waals surface area contributed by atoms with Crippen LogP contribution in [0.4, 0.5) is 0 Å². The molecule has 4 heteroatoms. The van der Waals surface area contributed by atoms with E-state index in [0.717, 1.165) is 16.9 Å². The minimum absolute atomic E-state index is 0.137. The lowest BCUT2D eigenvalue weighted by Gasteiger charge is -2.20. The molecule has 0 aliphatic rings. The maximum absolute atomic E-state index is 6.00. The van der Waals surface area contributed by atoms with Crippen LogP contribution in [-0.4, -0.2) is 7.11 Å². The summed E-state index contributed by atoms with van der Waals surface area (Å²) in [4.78, 5) is 0. The van der Waals surface area contributed by atoms with Crippen molar-refractivity contribution in [3.63, 3.8) is 0 Å². The number of nitrogens with one attached hydrogen (secondary N) is 1. The molecule has 2 aromatic carbocycles. The molecule has 0 radical (unpaired) electrons. The van der Waals surface area contributed by atoms with Crippen molar-refractivity contribution in [3.8, 4) is 5.75 Å². The number of hydrazine groups is 1. The zero-order valence-corrected chi connectivity index (χ0v) is 12.7. The van der Waals surface area contributed by atoms with Gasteiger partial charge in [0.25, 0.3) is 0 Å². The van der Waals surface area contributed by atoms with E-state index in [1.165, 1.54) is 11.1 Å². The van der Waals surface area contributed by atoms with Crippen LogP contribution in [0.5, 0.6) is 5.75 Å². The number of aryl methyl sites for hydroxylation is 2. The van der Waals surface area contributed by atoms with E-state index in [4.69, 9.17) is 22.2 Å². The average Bonchev–Trinajstić information content (AvgIpc) is 2.44. The van der Waals surface area contributed by atoms with E-state index in [2.05, 4.69) is 37.5 Å². The minimum Gasteiger partial charge on any atom is -0.496 e. The van der Waals surface area contributed by atoms with Crippen LogP contribution in [-0.2, 0) is 0 Å². The molecule has 20 heavy (non-hydrogen) atoms. The molecular weight excluding hydrogens is 272 g/mol. The van der Waals surface area contributed by atoms with Gasteiger partial charge in [-0.15, -0.1) is 0 Å². The van der Waals surface area contributed by atoms with Crippen LogP contribution in [0.15, 0.2) is 36.4 Å². The molecule has 1 atom stereocenters. The number of ether oxygens (including phenoxy) is 1. The highest BCUT2D eigenvalue weighted by Gasteiger charge is 2.17. The van der Waals surface area contributed by atoms with Gasteiger partial charge in [0.1, 0.15) is 5.75 Å². The molecule has 0 saturated heterocycles. The van der Waals surface area contributed by atoms with Crippen molar-refractivity contribution in [1.82, 2.24) is 5.43 Å². The fraction of sp³-hybridized carbons (Fsp3) is 0.250. The predicted molar refractivity (Wildman–Crippen MR) is 83.1 cm³/mol. The van der Waals surface area contributed by atoms with Gasteiger partial charge in [-0.2, -0.15) is 0 Å². The zero-order valence-electron chi connectivity index (χ0n) is 11.9. The molecule has 2 aromatic rings. The highest BCUT2D eigenvalue weighted by atomic mass is 35.5. The molecule has 0 fully saturated rings. The van der Waals surface area contributed by atoms with Crippen LogP contribution in [0.1, 0.15) is 28.3 Å². The minimum atomic E-state index is -0.137. The molecule has 0 bridgehead atoms. The molecule has 1 unspecified atom stereocenters. The lowest BCUT2D eigenvalue weighted by Crippen LogP contribution is -2.29. The highest BCUT2D eigenvalue weighted by Crippen LogP contribution is 2.32. The van der Waals surface area contributed by atoms with Crippen molar-refractivity contribution >= 4 is 11.6 Å². The van der Waals surface area contributed by atoms with Gasteiger partial charge in [-0.1, -0.05) is 35.9 Å². The molecule has 0 saturated carbocycles. The van der Waals surface area contributed by atoms with E-state index in [-0.39, 0.29) is 6.04 Å². The Hall–Kier alpha value is -1.55. The van der Waals surface area contributed by atoms with Gasteiger partial charge in [0.2, 0.25) is 0 Å². The van der Waals surface area contributed by atoms with E-state index in [1.54, 1.807) is 13.2 Å². The van der Waals surface area contributed by atoms with Crippen LogP contribution in [0, 0.1) is 13.8 Å².